The van der Waals surface area contributed by atoms with Crippen LogP contribution in [0.25, 0.3) is 0 Å². The highest BCUT2D eigenvalue weighted by atomic mass is 16.7. The number of aliphatic hydroxyl groups excluding tert-OH is 1. The molecular formula is C15H19NO5. The van der Waals surface area contributed by atoms with Gasteiger partial charge in [-0.05, 0) is 18.4 Å². The molecular weight excluding hydrogens is 274 g/mol. The number of amides is 1. The lowest BCUT2D eigenvalue weighted by Gasteiger charge is -2.41. The van der Waals surface area contributed by atoms with Gasteiger partial charge >= 0.3 is 5.97 Å². The molecule has 0 bridgehead atoms. The van der Waals surface area contributed by atoms with Crippen molar-refractivity contribution in [2.45, 2.75) is 31.4 Å². The maximum Gasteiger partial charge on any atom is 0.336 e. The van der Waals surface area contributed by atoms with Gasteiger partial charge in [-0.1, -0.05) is 30.3 Å². The average Bonchev–Trinajstić information content (AvgIpc) is 2.53. The smallest absolute Gasteiger partial charge is 0.336 e. The highest BCUT2D eigenvalue weighted by molar-refractivity contribution is 5.88. The van der Waals surface area contributed by atoms with Gasteiger partial charge < -0.3 is 9.84 Å². The van der Waals surface area contributed by atoms with Gasteiger partial charge in [-0.15, -0.1) is 0 Å². The first-order valence-corrected chi connectivity index (χ1v) is 6.83. The van der Waals surface area contributed by atoms with Crippen molar-refractivity contribution in [1.82, 2.24) is 5.06 Å². The van der Waals surface area contributed by atoms with Crippen molar-refractivity contribution in [3.05, 3.63) is 35.9 Å². The largest absolute Gasteiger partial charge is 0.467 e. The van der Waals surface area contributed by atoms with E-state index in [1.807, 2.05) is 30.3 Å². The van der Waals surface area contributed by atoms with Crippen LogP contribution in [0.2, 0.25) is 0 Å². The first kappa shape index (κ1) is 15.5. The van der Waals surface area contributed by atoms with Gasteiger partial charge in [0.25, 0.3) is 0 Å². The van der Waals surface area contributed by atoms with Crippen molar-refractivity contribution in [3.8, 4) is 0 Å². The van der Waals surface area contributed by atoms with Crippen LogP contribution in [0.15, 0.2) is 30.3 Å². The van der Waals surface area contributed by atoms with Crippen LogP contribution in [0.4, 0.5) is 0 Å². The van der Waals surface area contributed by atoms with Gasteiger partial charge in [0.05, 0.1) is 13.7 Å². The van der Waals surface area contributed by atoms with Crippen molar-refractivity contribution < 1.29 is 24.3 Å². The number of nitrogens with zero attached hydrogens (tertiary/aromatic N) is 1. The summed E-state index contributed by atoms with van der Waals surface area (Å²) < 4.78 is 4.74. The molecule has 0 saturated carbocycles. The van der Waals surface area contributed by atoms with Crippen LogP contribution in [0.3, 0.4) is 0 Å². The molecule has 1 aromatic rings. The van der Waals surface area contributed by atoms with Crippen LogP contribution in [0.5, 0.6) is 0 Å². The summed E-state index contributed by atoms with van der Waals surface area (Å²) in [6.45, 7) is -0.383. The van der Waals surface area contributed by atoms with Crippen molar-refractivity contribution in [1.29, 1.82) is 0 Å². The SMILES string of the molecule is COC(=O)C1(CO)CCCC(=O)N1OCc1ccccc1. The third-order valence-corrected chi connectivity index (χ3v) is 3.63. The molecule has 1 atom stereocenters. The molecule has 1 saturated heterocycles. The fourth-order valence-corrected chi connectivity index (χ4v) is 2.47. The van der Waals surface area contributed by atoms with E-state index in [9.17, 15) is 14.7 Å². The number of esters is 1. The number of hydroxylamine groups is 2. The minimum Gasteiger partial charge on any atom is -0.467 e. The van der Waals surface area contributed by atoms with E-state index >= 15 is 0 Å². The minimum absolute atomic E-state index is 0.144. The maximum atomic E-state index is 12.1. The third-order valence-electron chi connectivity index (χ3n) is 3.63. The number of carbonyl (C=O) groups is 2. The van der Waals surface area contributed by atoms with E-state index in [4.69, 9.17) is 9.57 Å². The summed E-state index contributed by atoms with van der Waals surface area (Å²) in [6, 6.07) is 9.30. The Morgan fingerprint density at radius 1 is 1.38 bits per heavy atom. The molecule has 1 aromatic carbocycles. The highest BCUT2D eigenvalue weighted by Crippen LogP contribution is 2.31. The van der Waals surface area contributed by atoms with Gasteiger partial charge in [-0.25, -0.2) is 9.86 Å². The second-order valence-corrected chi connectivity index (χ2v) is 4.98. The van der Waals surface area contributed by atoms with Gasteiger partial charge in [-0.3, -0.25) is 9.63 Å². The van der Waals surface area contributed by atoms with Crippen molar-refractivity contribution in [2.24, 2.45) is 0 Å². The van der Waals surface area contributed by atoms with E-state index in [0.29, 0.717) is 12.8 Å². The zero-order valence-corrected chi connectivity index (χ0v) is 11.9. The summed E-state index contributed by atoms with van der Waals surface area (Å²) in [5.41, 5.74) is -0.577. The van der Waals surface area contributed by atoms with Gasteiger partial charge in [0, 0.05) is 6.42 Å². The van der Waals surface area contributed by atoms with E-state index < -0.39 is 18.1 Å². The number of carbonyl (C=O) groups excluding carboxylic acids is 2. The maximum absolute atomic E-state index is 12.1. The molecule has 0 radical (unpaired) electrons. The van der Waals surface area contributed by atoms with E-state index in [2.05, 4.69) is 0 Å². The number of hydrogen-bond acceptors (Lipinski definition) is 5. The number of piperidine rings is 1. The fraction of sp³-hybridized carbons (Fsp3) is 0.467. The Morgan fingerprint density at radius 3 is 2.71 bits per heavy atom. The van der Waals surface area contributed by atoms with Crippen LogP contribution >= 0.6 is 0 Å². The molecule has 1 amide bonds. The Balaban J connectivity index is 2.18. The summed E-state index contributed by atoms with van der Waals surface area (Å²) in [4.78, 5) is 29.7. The molecule has 6 nitrogen and oxygen atoms in total. The first-order chi connectivity index (χ1) is 10.1. The van der Waals surface area contributed by atoms with Crippen LogP contribution in [-0.2, 0) is 25.8 Å². The molecule has 114 valence electrons. The number of benzene rings is 1. The summed E-state index contributed by atoms with van der Waals surface area (Å²) in [7, 11) is 1.23. The molecule has 1 N–H and O–H groups in total. The van der Waals surface area contributed by atoms with Crippen LogP contribution in [0, 0.1) is 0 Å². The molecule has 1 aliphatic heterocycles. The zero-order valence-electron chi connectivity index (χ0n) is 11.9. The number of aliphatic hydroxyl groups is 1. The van der Waals surface area contributed by atoms with E-state index in [1.165, 1.54) is 7.11 Å². The Labute approximate surface area is 123 Å². The Bertz CT molecular complexity index is 504. The average molecular weight is 293 g/mol. The monoisotopic (exact) mass is 293 g/mol. The van der Waals surface area contributed by atoms with E-state index in [1.54, 1.807) is 0 Å². The van der Waals surface area contributed by atoms with Crippen LogP contribution in [-0.4, -0.2) is 41.3 Å². The topological polar surface area (TPSA) is 76.1 Å². The fourth-order valence-electron chi connectivity index (χ4n) is 2.47. The molecule has 0 aromatic heterocycles. The molecule has 6 heteroatoms. The van der Waals surface area contributed by atoms with E-state index in [0.717, 1.165) is 10.6 Å². The summed E-state index contributed by atoms with van der Waals surface area (Å²) in [5.74, 6) is -0.984. The number of methoxy groups -OCH3 is 1. The van der Waals surface area contributed by atoms with Crippen molar-refractivity contribution in [3.63, 3.8) is 0 Å². The van der Waals surface area contributed by atoms with Gasteiger partial charge in [-0.2, -0.15) is 0 Å². The molecule has 1 aliphatic rings. The summed E-state index contributed by atoms with van der Waals surface area (Å²) in [5, 5.41) is 10.6. The Morgan fingerprint density at radius 2 is 2.10 bits per heavy atom. The lowest BCUT2D eigenvalue weighted by molar-refractivity contribution is -0.247. The molecule has 21 heavy (non-hydrogen) atoms. The van der Waals surface area contributed by atoms with Crippen molar-refractivity contribution in [2.75, 3.05) is 13.7 Å². The second-order valence-electron chi connectivity index (χ2n) is 4.98. The molecule has 1 heterocycles. The molecule has 0 aliphatic carbocycles. The highest BCUT2D eigenvalue weighted by Gasteiger charge is 2.50. The number of hydrogen-bond donors (Lipinski definition) is 1. The van der Waals surface area contributed by atoms with E-state index in [-0.39, 0.29) is 18.9 Å². The van der Waals surface area contributed by atoms with Gasteiger partial charge in [0.2, 0.25) is 5.91 Å². The second kappa shape index (κ2) is 6.69. The predicted octanol–water partition coefficient (Wildman–Crippen LogP) is 1.03. The molecule has 1 unspecified atom stereocenters. The Hall–Kier alpha value is -1.92. The lowest BCUT2D eigenvalue weighted by atomic mass is 9.89. The Kier molecular flexibility index (Phi) is 4.93. The predicted molar refractivity (Wildman–Crippen MR) is 73.8 cm³/mol. The molecule has 1 fully saturated rings. The third kappa shape index (κ3) is 3.06. The van der Waals surface area contributed by atoms with Gasteiger partial charge in [0.15, 0.2) is 5.54 Å². The van der Waals surface area contributed by atoms with Crippen LogP contribution < -0.4 is 0 Å². The normalized spacial score (nSPS) is 22.2. The summed E-state index contributed by atoms with van der Waals surface area (Å²) in [6.07, 6.45) is 1.12. The quantitative estimate of drug-likeness (QED) is 0.821. The molecule has 0 spiro atoms. The number of ether oxygens (including phenoxy) is 1. The lowest BCUT2D eigenvalue weighted by Crippen LogP contribution is -2.61. The first-order valence-electron chi connectivity index (χ1n) is 6.83. The standard InChI is InChI=1S/C15H19NO5/c1-20-14(19)15(11-17)9-5-8-13(18)16(15)21-10-12-6-3-2-4-7-12/h2-4,6-7,17H,5,8-11H2,1H3. The number of rotatable bonds is 5. The molecule has 2 rings (SSSR count). The van der Waals surface area contributed by atoms with Crippen LogP contribution in [0.1, 0.15) is 24.8 Å². The zero-order chi connectivity index (χ0) is 15.3. The minimum atomic E-state index is -1.45. The summed E-state index contributed by atoms with van der Waals surface area (Å²) >= 11 is 0. The van der Waals surface area contributed by atoms with Gasteiger partial charge in [0.1, 0.15) is 6.61 Å². The van der Waals surface area contributed by atoms with Crippen molar-refractivity contribution >= 4 is 11.9 Å².